The van der Waals surface area contributed by atoms with Gasteiger partial charge in [0.1, 0.15) is 6.10 Å². The van der Waals surface area contributed by atoms with E-state index in [1.54, 1.807) is 0 Å². The number of halogens is 3. The van der Waals surface area contributed by atoms with Gasteiger partial charge in [0.2, 0.25) is 0 Å². The molecule has 114 valence electrons. The molecule has 2 bridgehead atoms. The third-order valence-corrected chi connectivity index (χ3v) is 6.27. The Morgan fingerprint density at radius 2 is 1.75 bits per heavy atom. The van der Waals surface area contributed by atoms with Gasteiger partial charge in [-0.05, 0) is 24.7 Å². The predicted octanol–water partition coefficient (Wildman–Crippen LogP) is 2.23. The lowest BCUT2D eigenvalue weighted by molar-refractivity contribution is -0.323. The zero-order valence-electron chi connectivity index (χ0n) is 11.5. The van der Waals surface area contributed by atoms with E-state index in [1.165, 1.54) is 0 Å². The summed E-state index contributed by atoms with van der Waals surface area (Å²) < 4.78 is 3.14. The van der Waals surface area contributed by atoms with Crippen molar-refractivity contribution < 1.29 is 19.4 Å². The number of hydrogen-bond donors (Lipinski definition) is 0. The largest absolute Gasteiger partial charge is 0.550 e. The highest BCUT2D eigenvalue weighted by atomic mass is 35.6. The molecule has 0 amide bonds. The molecule has 0 N–H and O–H groups in total. The Hall–Kier alpha value is -0.190. The summed E-state index contributed by atoms with van der Waals surface area (Å²) in [6.07, 6.45) is 0.755. The molecule has 2 fully saturated rings. The lowest BCUT2D eigenvalue weighted by atomic mass is 9.65. The second kappa shape index (κ2) is 4.40. The normalized spacial score (nSPS) is 38.8. The number of aliphatic carboxylic acids is 1. The lowest BCUT2D eigenvalue weighted by Gasteiger charge is -2.41. The average Bonchev–Trinajstić information content (AvgIpc) is 2.58. The Labute approximate surface area is 132 Å². The van der Waals surface area contributed by atoms with E-state index >= 15 is 0 Å². The number of ether oxygens (including phenoxy) is 1. The summed E-state index contributed by atoms with van der Waals surface area (Å²) >= 11 is 16.5. The predicted molar refractivity (Wildman–Crippen MR) is 73.3 cm³/mol. The van der Waals surface area contributed by atoms with Crippen LogP contribution in [-0.4, -0.2) is 21.8 Å². The van der Waals surface area contributed by atoms with Crippen molar-refractivity contribution in [3.8, 4) is 0 Å². The smallest absolute Gasteiger partial charge is 0.358 e. The summed E-state index contributed by atoms with van der Waals surface area (Å²) in [6, 6.07) is 0. The number of carbonyl (C=O) groups excluding carboxylic acids is 2. The Morgan fingerprint density at radius 1 is 1.20 bits per heavy atom. The van der Waals surface area contributed by atoms with Gasteiger partial charge in [0, 0.05) is 16.8 Å². The van der Waals surface area contributed by atoms with E-state index in [-0.39, 0.29) is 6.42 Å². The summed E-state index contributed by atoms with van der Waals surface area (Å²) in [5.74, 6) is -2.07. The molecule has 2 saturated carbocycles. The van der Waals surface area contributed by atoms with E-state index in [2.05, 4.69) is 0 Å². The van der Waals surface area contributed by atoms with Gasteiger partial charge < -0.3 is 14.6 Å². The van der Waals surface area contributed by atoms with Crippen molar-refractivity contribution in [2.45, 2.75) is 49.9 Å². The number of alkyl halides is 3. The van der Waals surface area contributed by atoms with E-state index in [1.807, 2.05) is 20.8 Å². The quantitative estimate of drug-likeness (QED) is 0.570. The molecule has 0 saturated heterocycles. The van der Waals surface area contributed by atoms with Crippen LogP contribution in [0.3, 0.4) is 0 Å². The van der Waals surface area contributed by atoms with Gasteiger partial charge in [-0.2, -0.15) is 0 Å². The summed E-state index contributed by atoms with van der Waals surface area (Å²) in [4.78, 5) is 23.4. The number of carboxylic acids is 1. The van der Waals surface area contributed by atoms with Gasteiger partial charge in [-0.25, -0.2) is 4.79 Å². The highest BCUT2D eigenvalue weighted by Gasteiger charge is 2.71. The van der Waals surface area contributed by atoms with Crippen molar-refractivity contribution in [1.82, 2.24) is 0 Å². The van der Waals surface area contributed by atoms with Crippen LogP contribution in [0.5, 0.6) is 0 Å². The second-order valence-electron chi connectivity index (χ2n) is 6.51. The molecule has 0 heterocycles. The van der Waals surface area contributed by atoms with Crippen molar-refractivity contribution in [3.05, 3.63) is 0 Å². The van der Waals surface area contributed by atoms with Crippen LogP contribution in [0.1, 0.15) is 40.0 Å². The lowest BCUT2D eigenvalue weighted by Crippen LogP contribution is -2.47. The first kappa shape index (κ1) is 16.2. The molecule has 0 aromatic heterocycles. The van der Waals surface area contributed by atoms with Gasteiger partial charge in [-0.3, -0.25) is 0 Å². The first-order valence-corrected chi connectivity index (χ1v) is 7.51. The molecule has 4 nitrogen and oxygen atoms in total. The number of rotatable bonds is 2. The van der Waals surface area contributed by atoms with Crippen LogP contribution in [0.15, 0.2) is 0 Å². The minimum atomic E-state index is -2.16. The molecule has 2 aliphatic rings. The summed E-state index contributed by atoms with van der Waals surface area (Å²) in [5, 5.41) is 11.6. The molecule has 0 spiro atoms. The van der Waals surface area contributed by atoms with Gasteiger partial charge in [0.15, 0.2) is 0 Å². The highest BCUT2D eigenvalue weighted by molar-refractivity contribution is 6.75. The molecular formula is C13H16Cl3O4-. The van der Waals surface area contributed by atoms with Crippen LogP contribution in [-0.2, 0) is 14.3 Å². The minimum Gasteiger partial charge on any atom is -0.550 e. The maximum Gasteiger partial charge on any atom is 0.358 e. The summed E-state index contributed by atoms with van der Waals surface area (Å²) in [6.45, 7) is 5.67. The number of carbonyl (C=O) groups is 2. The highest BCUT2D eigenvalue weighted by Crippen LogP contribution is 2.72. The Bertz CT molecular complexity index is 471. The third-order valence-electron chi connectivity index (χ3n) is 5.81. The van der Waals surface area contributed by atoms with Crippen molar-refractivity contribution in [2.75, 3.05) is 0 Å². The maximum absolute atomic E-state index is 11.7. The van der Waals surface area contributed by atoms with E-state index < -0.39 is 38.1 Å². The fourth-order valence-corrected chi connectivity index (χ4v) is 4.05. The van der Waals surface area contributed by atoms with Gasteiger partial charge in [-0.15, -0.1) is 0 Å². The van der Waals surface area contributed by atoms with Crippen LogP contribution < -0.4 is 5.11 Å². The Morgan fingerprint density at radius 3 is 2.15 bits per heavy atom. The van der Waals surface area contributed by atoms with Crippen LogP contribution in [0.25, 0.3) is 0 Å². The molecule has 0 aliphatic heterocycles. The fraction of sp³-hybridized carbons (Fsp3) is 0.846. The van der Waals surface area contributed by atoms with E-state index in [0.29, 0.717) is 12.8 Å². The molecule has 7 heteroatoms. The van der Waals surface area contributed by atoms with Crippen molar-refractivity contribution in [1.29, 1.82) is 0 Å². The standard InChI is InChI=1S/C13H17Cl3O4/c1-10(2)11(3)4-5-12(10,8(17)18)6-7(11)20-9(19)13(14,15)16/h7H,4-6H2,1-3H3,(H,17,18)/p-1/t7-,11+,12-/m0/s1. The SMILES string of the molecule is CC1(C)[C@@]2(C(=O)[O-])CC[C@]1(C)[C@@H](OC(=O)C(Cl)(Cl)Cl)C2. The molecule has 3 atom stereocenters. The van der Waals surface area contributed by atoms with Gasteiger partial charge >= 0.3 is 5.97 Å². The minimum absolute atomic E-state index is 0.200. The third kappa shape index (κ3) is 1.87. The van der Waals surface area contributed by atoms with E-state index in [9.17, 15) is 14.7 Å². The molecule has 0 unspecified atom stereocenters. The van der Waals surface area contributed by atoms with Gasteiger partial charge in [0.05, 0.1) is 0 Å². The average molecular weight is 343 g/mol. The molecule has 2 aliphatic carbocycles. The fourth-order valence-electron chi connectivity index (χ4n) is 3.92. The molecule has 2 rings (SSSR count). The van der Waals surface area contributed by atoms with Gasteiger partial charge in [0.25, 0.3) is 3.79 Å². The number of esters is 1. The number of fused-ring (bicyclic) bond motifs is 2. The molecular weight excluding hydrogens is 326 g/mol. The maximum atomic E-state index is 11.7. The van der Waals surface area contributed by atoms with E-state index in [0.717, 1.165) is 0 Å². The van der Waals surface area contributed by atoms with Crippen molar-refractivity contribution >= 4 is 46.7 Å². The van der Waals surface area contributed by atoms with Crippen LogP contribution in [0, 0.1) is 16.2 Å². The van der Waals surface area contributed by atoms with Crippen molar-refractivity contribution in [2.24, 2.45) is 16.2 Å². The topological polar surface area (TPSA) is 66.4 Å². The molecule has 0 aromatic rings. The zero-order valence-corrected chi connectivity index (χ0v) is 13.7. The molecule has 0 radical (unpaired) electrons. The van der Waals surface area contributed by atoms with Crippen LogP contribution in [0.2, 0.25) is 0 Å². The van der Waals surface area contributed by atoms with Gasteiger partial charge in [-0.1, -0.05) is 55.6 Å². The second-order valence-corrected chi connectivity index (χ2v) is 8.79. The Balaban J connectivity index is 2.33. The first-order valence-electron chi connectivity index (χ1n) is 6.38. The first-order chi connectivity index (χ1) is 8.88. The van der Waals surface area contributed by atoms with E-state index in [4.69, 9.17) is 39.5 Å². The zero-order chi connectivity index (χ0) is 15.6. The number of carboxylic acid groups (broad SMARTS) is 1. The monoisotopic (exact) mass is 341 g/mol. The Kier molecular flexibility index (Phi) is 3.56. The van der Waals surface area contributed by atoms with Crippen molar-refractivity contribution in [3.63, 3.8) is 0 Å². The summed E-state index contributed by atoms with van der Waals surface area (Å²) in [7, 11) is 0. The van der Waals surface area contributed by atoms with Crippen LogP contribution in [0.4, 0.5) is 0 Å². The molecule has 20 heavy (non-hydrogen) atoms. The summed E-state index contributed by atoms with van der Waals surface area (Å²) in [5.41, 5.74) is -2.03. The number of hydrogen-bond acceptors (Lipinski definition) is 4. The van der Waals surface area contributed by atoms with Crippen LogP contribution >= 0.6 is 34.8 Å². The molecule has 0 aromatic carbocycles.